The molecule has 1 N–H and O–H groups in total. The third kappa shape index (κ3) is 6.27. The standard InChI is InChI=1S/C36H36ClN3O10/c1-38(18-29-32(50-36(45)48-29)31(41)30-19-47-35(44)49-30)34(43)27-13-12-22-17-40(26-11-7-6-10-21(26)16-39(22)27)33(42)24-14-25(37)23(15-28(24)46-2)20-8-4-3-5-9-20/h6-8,10-15,29-32,41H,3-5,9,16-19H2,1-2H3/t29-,30+,31+,32+/m0/s1. The summed E-state index contributed by atoms with van der Waals surface area (Å²) < 4.78 is 27.7. The van der Waals surface area contributed by atoms with Crippen LogP contribution in [0.15, 0.2) is 54.6 Å². The van der Waals surface area contributed by atoms with Crippen LogP contribution in [0.3, 0.4) is 0 Å². The first-order valence-electron chi connectivity index (χ1n) is 16.4. The lowest BCUT2D eigenvalue weighted by atomic mass is 9.92. The van der Waals surface area contributed by atoms with Crippen molar-refractivity contribution in [2.45, 2.75) is 63.2 Å². The van der Waals surface area contributed by atoms with E-state index in [1.165, 1.54) is 12.0 Å². The molecule has 2 amide bonds. The number of aromatic nitrogens is 1. The van der Waals surface area contributed by atoms with Gasteiger partial charge < -0.3 is 43.2 Å². The molecule has 0 unspecified atom stereocenters. The Morgan fingerprint density at radius 1 is 1.06 bits per heavy atom. The molecular weight excluding hydrogens is 670 g/mol. The number of methoxy groups -OCH3 is 1. The highest BCUT2D eigenvalue weighted by atomic mass is 35.5. The van der Waals surface area contributed by atoms with Crippen molar-refractivity contribution < 1.29 is 48.0 Å². The van der Waals surface area contributed by atoms with Crippen LogP contribution in [0.4, 0.5) is 15.3 Å². The molecule has 0 bridgehead atoms. The van der Waals surface area contributed by atoms with Crippen molar-refractivity contribution in [3.8, 4) is 5.75 Å². The van der Waals surface area contributed by atoms with E-state index < -0.39 is 36.7 Å². The fourth-order valence-electron chi connectivity index (χ4n) is 7.00. The maximum Gasteiger partial charge on any atom is 0.509 e. The van der Waals surface area contributed by atoms with E-state index in [1.54, 1.807) is 30.1 Å². The lowest BCUT2D eigenvalue weighted by Crippen LogP contribution is -2.48. The minimum Gasteiger partial charge on any atom is -0.496 e. The number of likely N-dealkylation sites (N-methyl/N-ethyl adjacent to an activating group) is 1. The second-order valence-electron chi connectivity index (χ2n) is 12.7. The highest BCUT2D eigenvalue weighted by Crippen LogP contribution is 2.38. The number of carbonyl (C=O) groups is 4. The summed E-state index contributed by atoms with van der Waals surface area (Å²) in [6, 6.07) is 14.5. The molecule has 14 heteroatoms. The molecule has 0 saturated carbocycles. The second kappa shape index (κ2) is 13.7. The van der Waals surface area contributed by atoms with Gasteiger partial charge in [0.15, 0.2) is 18.3 Å². The summed E-state index contributed by atoms with van der Waals surface area (Å²) in [7, 11) is 3.08. The van der Waals surface area contributed by atoms with Gasteiger partial charge in [0.2, 0.25) is 0 Å². The van der Waals surface area contributed by atoms with Crippen molar-refractivity contribution in [2.24, 2.45) is 0 Å². The Kier molecular flexibility index (Phi) is 9.19. The van der Waals surface area contributed by atoms with Crippen LogP contribution in [0.1, 0.15) is 63.4 Å². The molecule has 1 aromatic heterocycles. The van der Waals surface area contributed by atoms with Crippen molar-refractivity contribution in [1.29, 1.82) is 0 Å². The molecule has 0 spiro atoms. The van der Waals surface area contributed by atoms with Gasteiger partial charge in [-0.1, -0.05) is 35.9 Å². The first kappa shape index (κ1) is 33.5. The van der Waals surface area contributed by atoms with Gasteiger partial charge in [0.25, 0.3) is 11.8 Å². The topological polar surface area (TPSA) is 146 Å². The predicted octanol–water partition coefficient (Wildman–Crippen LogP) is 5.19. The maximum absolute atomic E-state index is 14.4. The molecule has 13 nitrogen and oxygen atoms in total. The number of hydrogen-bond donors (Lipinski definition) is 1. The number of halogens is 1. The smallest absolute Gasteiger partial charge is 0.496 e. The van der Waals surface area contributed by atoms with Gasteiger partial charge in [-0.2, -0.15) is 0 Å². The van der Waals surface area contributed by atoms with Crippen LogP contribution in [-0.2, 0) is 32.0 Å². The molecule has 4 aliphatic rings. The summed E-state index contributed by atoms with van der Waals surface area (Å²) in [4.78, 5) is 54.8. The van der Waals surface area contributed by atoms with Gasteiger partial charge in [-0.15, -0.1) is 0 Å². The van der Waals surface area contributed by atoms with Crippen molar-refractivity contribution in [2.75, 3.05) is 32.2 Å². The maximum atomic E-state index is 14.4. The highest BCUT2D eigenvalue weighted by Gasteiger charge is 2.48. The molecule has 4 heterocycles. The lowest BCUT2D eigenvalue weighted by molar-refractivity contribution is -0.0526. The summed E-state index contributed by atoms with van der Waals surface area (Å²) >= 11 is 6.80. The average Bonchev–Trinajstić information content (AvgIpc) is 3.82. The number of aliphatic hydroxyl groups is 1. The molecule has 2 aromatic carbocycles. The number of ether oxygens (including phenoxy) is 5. The van der Waals surface area contributed by atoms with Gasteiger partial charge in [0, 0.05) is 23.5 Å². The molecule has 2 saturated heterocycles. The SMILES string of the molecule is COc1cc(C2=CCCCC2)c(Cl)cc1C(=O)N1Cc2ccc(C(=O)N(C)C[C@@H]3OC(=O)O[C@H]3[C@H](O)[C@H]3COC(=O)O3)n2Cc2ccccc21. The van der Waals surface area contributed by atoms with E-state index in [2.05, 4.69) is 6.08 Å². The Labute approximate surface area is 292 Å². The molecule has 2 fully saturated rings. The number of nitrogens with zero attached hydrogens (tertiary/aromatic N) is 3. The normalized spacial score (nSPS) is 21.8. The van der Waals surface area contributed by atoms with Crippen molar-refractivity contribution in [3.05, 3.63) is 87.7 Å². The van der Waals surface area contributed by atoms with Crippen LogP contribution in [0.5, 0.6) is 5.75 Å². The third-order valence-electron chi connectivity index (χ3n) is 9.60. The number of rotatable bonds is 8. The van der Waals surface area contributed by atoms with E-state index >= 15 is 0 Å². The number of para-hydroxylation sites is 1. The number of amides is 2. The van der Waals surface area contributed by atoms with Gasteiger partial charge in [-0.05, 0) is 72.7 Å². The van der Waals surface area contributed by atoms with Gasteiger partial charge in [-0.3, -0.25) is 9.59 Å². The van der Waals surface area contributed by atoms with Crippen molar-refractivity contribution in [3.63, 3.8) is 0 Å². The van der Waals surface area contributed by atoms with Gasteiger partial charge >= 0.3 is 12.3 Å². The third-order valence-corrected chi connectivity index (χ3v) is 9.91. The zero-order chi connectivity index (χ0) is 35.1. The number of allylic oxidation sites excluding steroid dienone is 2. The first-order valence-corrected chi connectivity index (χ1v) is 16.8. The van der Waals surface area contributed by atoms with Crippen molar-refractivity contribution in [1.82, 2.24) is 9.47 Å². The fraction of sp³-hybridized carbons (Fsp3) is 0.389. The molecule has 7 rings (SSSR count). The summed E-state index contributed by atoms with van der Waals surface area (Å²) in [6.45, 7) is 0.127. The quantitative estimate of drug-likeness (QED) is 0.311. The molecular formula is C36H36ClN3O10. The average molecular weight is 706 g/mol. The fourth-order valence-corrected chi connectivity index (χ4v) is 7.28. The van der Waals surface area contributed by atoms with Gasteiger partial charge in [0.1, 0.15) is 24.2 Å². The molecule has 262 valence electrons. The largest absolute Gasteiger partial charge is 0.509 e. The summed E-state index contributed by atoms with van der Waals surface area (Å²) in [5, 5.41) is 11.3. The van der Waals surface area contributed by atoms with E-state index in [4.69, 9.17) is 35.3 Å². The minimum atomic E-state index is -1.43. The Morgan fingerprint density at radius 3 is 2.62 bits per heavy atom. The lowest BCUT2D eigenvalue weighted by Gasteiger charge is -2.26. The zero-order valence-electron chi connectivity index (χ0n) is 27.5. The van der Waals surface area contributed by atoms with E-state index in [-0.39, 0.29) is 31.5 Å². The number of benzene rings is 2. The number of anilines is 1. The predicted molar refractivity (Wildman–Crippen MR) is 179 cm³/mol. The number of hydrogen-bond acceptors (Lipinski definition) is 10. The molecule has 50 heavy (non-hydrogen) atoms. The van der Waals surface area contributed by atoms with Crippen LogP contribution >= 0.6 is 11.6 Å². The Balaban J connectivity index is 1.14. The second-order valence-corrected chi connectivity index (χ2v) is 13.1. The molecule has 0 radical (unpaired) electrons. The van der Waals surface area contributed by atoms with E-state index in [1.807, 2.05) is 34.9 Å². The van der Waals surface area contributed by atoms with E-state index in [0.717, 1.165) is 42.4 Å². The Bertz CT molecular complexity index is 1890. The van der Waals surface area contributed by atoms with Crippen molar-refractivity contribution >= 4 is 47.0 Å². The summed E-state index contributed by atoms with van der Waals surface area (Å²) in [5.74, 6) is -0.262. The monoisotopic (exact) mass is 705 g/mol. The number of carbonyl (C=O) groups excluding carboxylic acids is 4. The Hall–Kier alpha value is -5.01. The van der Waals surface area contributed by atoms with Crippen LogP contribution < -0.4 is 9.64 Å². The highest BCUT2D eigenvalue weighted by molar-refractivity contribution is 6.33. The number of fused-ring (bicyclic) bond motifs is 2. The van der Waals surface area contributed by atoms with Gasteiger partial charge in [0.05, 0.1) is 32.3 Å². The van der Waals surface area contributed by atoms with Crippen LogP contribution in [0, 0.1) is 0 Å². The van der Waals surface area contributed by atoms with E-state index in [0.29, 0.717) is 40.0 Å². The molecule has 1 aliphatic carbocycles. The summed E-state index contributed by atoms with van der Waals surface area (Å²) in [6.07, 6.45) is -0.362. The minimum absolute atomic E-state index is 0.122. The van der Waals surface area contributed by atoms with E-state index in [9.17, 15) is 24.3 Å². The van der Waals surface area contributed by atoms with Gasteiger partial charge in [-0.25, -0.2) is 9.59 Å². The Morgan fingerprint density at radius 2 is 1.88 bits per heavy atom. The zero-order valence-corrected chi connectivity index (χ0v) is 28.3. The van der Waals surface area contributed by atoms with Crippen LogP contribution in [0.25, 0.3) is 5.57 Å². The van der Waals surface area contributed by atoms with Crippen LogP contribution in [-0.4, -0.2) is 90.4 Å². The van der Waals surface area contributed by atoms with Crippen LogP contribution in [0.2, 0.25) is 5.02 Å². The number of cyclic esters (lactones) is 4. The summed E-state index contributed by atoms with van der Waals surface area (Å²) in [5.41, 5.74) is 4.91. The molecule has 4 atom stereocenters. The number of aliphatic hydroxyl groups excluding tert-OH is 1. The first-order chi connectivity index (χ1) is 24.1. The molecule has 3 aliphatic heterocycles. The molecule has 3 aromatic rings.